The molecule has 0 aliphatic rings. The highest BCUT2D eigenvalue weighted by molar-refractivity contribution is 6.18. The van der Waals surface area contributed by atoms with E-state index in [0.717, 1.165) is 17.5 Å². The lowest BCUT2D eigenvalue weighted by Crippen LogP contribution is -2.44. The second-order valence-electron chi connectivity index (χ2n) is 11.3. The van der Waals surface area contributed by atoms with Gasteiger partial charge in [-0.2, -0.15) is 0 Å². The average Bonchev–Trinajstić information content (AvgIpc) is 3.72. The molecule has 7 N–H and O–H groups in total. The smallest absolute Gasteiger partial charge is 0.272 e. The molecule has 1 aromatic carbocycles. The van der Waals surface area contributed by atoms with Crippen molar-refractivity contribution in [2.24, 2.45) is 26.9 Å². The maximum atomic E-state index is 13.6. The molecule has 0 saturated heterocycles. The van der Waals surface area contributed by atoms with E-state index in [1.807, 2.05) is 19.1 Å². The van der Waals surface area contributed by atoms with E-state index in [-0.39, 0.29) is 60.3 Å². The fourth-order valence-corrected chi connectivity index (χ4v) is 5.28. The van der Waals surface area contributed by atoms with E-state index in [2.05, 4.69) is 28.3 Å². The number of halogens is 2. The summed E-state index contributed by atoms with van der Waals surface area (Å²) in [5.41, 5.74) is 13.2. The van der Waals surface area contributed by atoms with Gasteiger partial charge in [-0.15, -0.1) is 24.0 Å². The Balaban J connectivity index is 0.00000650. The standard InChI is InChI=1S/C33H41ClN10O4.ClH/c1-6-21-7-8-22(13-20(21)2)33(48)44(38-12-10-34)25-16-28(43(5)19-25)32(47)40-24-15-27(42(4)18-24)31(46)39-23-14-26(41(3)17-23)30(45)37-11-9-29(35)36;/h7-8,13-19,38H,6,9-12H2,1-5H3,(H3,35,36)(H,37,45)(H,39,46)(H,40,47);1H. The maximum Gasteiger partial charge on any atom is 0.272 e. The first-order valence-electron chi connectivity index (χ1n) is 15.3. The van der Waals surface area contributed by atoms with Crippen LogP contribution in [0.1, 0.15) is 66.3 Å². The number of amidine groups is 1. The van der Waals surface area contributed by atoms with Gasteiger partial charge in [-0.05, 0) is 54.8 Å². The van der Waals surface area contributed by atoms with Gasteiger partial charge in [-0.1, -0.05) is 13.0 Å². The minimum Gasteiger partial charge on any atom is -0.388 e. The van der Waals surface area contributed by atoms with E-state index in [0.29, 0.717) is 34.9 Å². The van der Waals surface area contributed by atoms with Crippen LogP contribution in [-0.2, 0) is 27.6 Å². The molecular weight excluding hydrogens is 671 g/mol. The number of hydrazine groups is 1. The summed E-state index contributed by atoms with van der Waals surface area (Å²) in [6.07, 6.45) is 5.97. The first kappa shape index (κ1) is 38.4. The third kappa shape index (κ3) is 9.31. The van der Waals surface area contributed by atoms with Crippen LogP contribution in [0.2, 0.25) is 0 Å². The summed E-state index contributed by atoms with van der Waals surface area (Å²) in [7, 11) is 5.05. The lowest BCUT2D eigenvalue weighted by Gasteiger charge is -2.22. The summed E-state index contributed by atoms with van der Waals surface area (Å²) in [6, 6.07) is 10.3. The van der Waals surface area contributed by atoms with Crippen molar-refractivity contribution >= 4 is 70.5 Å². The molecule has 0 aliphatic carbocycles. The molecule has 0 aliphatic heterocycles. The number of nitrogens with two attached hydrogens (primary N) is 1. The lowest BCUT2D eigenvalue weighted by molar-refractivity contribution is 0.0943. The van der Waals surface area contributed by atoms with Gasteiger partial charge in [-0.25, -0.2) is 10.4 Å². The quantitative estimate of drug-likeness (QED) is 0.0498. The first-order chi connectivity index (χ1) is 22.8. The summed E-state index contributed by atoms with van der Waals surface area (Å²) in [5.74, 6) is -1.31. The van der Waals surface area contributed by atoms with Crippen LogP contribution >= 0.6 is 24.0 Å². The van der Waals surface area contributed by atoms with Gasteiger partial charge in [0, 0.05) is 70.7 Å². The Morgan fingerprint density at radius 3 is 1.92 bits per heavy atom. The van der Waals surface area contributed by atoms with E-state index in [1.165, 1.54) is 17.1 Å². The fourth-order valence-electron chi connectivity index (χ4n) is 5.19. The molecule has 0 radical (unpaired) electrons. The highest BCUT2D eigenvalue weighted by Gasteiger charge is 2.23. The van der Waals surface area contributed by atoms with E-state index in [9.17, 15) is 19.2 Å². The number of amides is 4. The number of nitrogens with one attached hydrogen (secondary N) is 5. The molecule has 14 nitrogen and oxygen atoms in total. The molecule has 0 atom stereocenters. The largest absolute Gasteiger partial charge is 0.388 e. The summed E-state index contributed by atoms with van der Waals surface area (Å²) in [4.78, 5) is 52.6. The zero-order chi connectivity index (χ0) is 35.1. The predicted octanol–water partition coefficient (Wildman–Crippen LogP) is 3.95. The molecule has 49 heavy (non-hydrogen) atoms. The zero-order valence-electron chi connectivity index (χ0n) is 28.0. The van der Waals surface area contributed by atoms with Crippen molar-refractivity contribution in [3.8, 4) is 0 Å². The van der Waals surface area contributed by atoms with Gasteiger partial charge in [0.25, 0.3) is 23.6 Å². The van der Waals surface area contributed by atoms with Gasteiger partial charge in [0.2, 0.25) is 0 Å². The van der Waals surface area contributed by atoms with Crippen LogP contribution < -0.4 is 32.1 Å². The van der Waals surface area contributed by atoms with Crippen molar-refractivity contribution in [2.75, 3.05) is 34.6 Å². The Hall–Kier alpha value is -5.05. The van der Waals surface area contributed by atoms with Crippen molar-refractivity contribution in [3.63, 3.8) is 0 Å². The molecule has 3 heterocycles. The Bertz CT molecular complexity index is 1860. The number of aromatic nitrogens is 3. The third-order valence-electron chi connectivity index (χ3n) is 7.69. The highest BCUT2D eigenvalue weighted by Crippen LogP contribution is 2.23. The van der Waals surface area contributed by atoms with Gasteiger partial charge < -0.3 is 35.4 Å². The van der Waals surface area contributed by atoms with Crippen molar-refractivity contribution < 1.29 is 19.2 Å². The summed E-state index contributed by atoms with van der Waals surface area (Å²) in [5, 5.41) is 17.0. The van der Waals surface area contributed by atoms with Crippen LogP contribution in [0.4, 0.5) is 17.1 Å². The Morgan fingerprint density at radius 2 is 1.39 bits per heavy atom. The second-order valence-corrected chi connectivity index (χ2v) is 11.7. The fraction of sp³-hybridized carbons (Fsp3) is 0.303. The maximum absolute atomic E-state index is 13.6. The normalized spacial score (nSPS) is 10.7. The number of hydrogen-bond acceptors (Lipinski definition) is 6. The van der Waals surface area contributed by atoms with Crippen molar-refractivity contribution in [3.05, 3.63) is 88.8 Å². The third-order valence-corrected chi connectivity index (χ3v) is 7.88. The molecule has 0 fully saturated rings. The molecule has 4 amide bonds. The molecule has 0 bridgehead atoms. The first-order valence-corrected chi connectivity index (χ1v) is 15.8. The van der Waals surface area contributed by atoms with Crippen LogP contribution in [-0.4, -0.2) is 62.1 Å². The molecule has 4 rings (SSSR count). The lowest BCUT2D eigenvalue weighted by atomic mass is 10.0. The molecule has 0 spiro atoms. The van der Waals surface area contributed by atoms with Crippen LogP contribution in [0.5, 0.6) is 0 Å². The zero-order valence-corrected chi connectivity index (χ0v) is 29.6. The van der Waals surface area contributed by atoms with E-state index in [1.54, 1.807) is 65.6 Å². The van der Waals surface area contributed by atoms with Crippen molar-refractivity contribution in [2.45, 2.75) is 26.7 Å². The van der Waals surface area contributed by atoms with E-state index >= 15 is 0 Å². The topological polar surface area (TPSA) is 184 Å². The number of nitrogens with zero attached hydrogens (tertiary/aromatic N) is 4. The van der Waals surface area contributed by atoms with E-state index in [4.69, 9.17) is 22.7 Å². The van der Waals surface area contributed by atoms with Gasteiger partial charge in [0.15, 0.2) is 0 Å². The number of benzene rings is 1. The molecule has 0 unspecified atom stereocenters. The summed E-state index contributed by atoms with van der Waals surface area (Å²) >= 11 is 5.93. The number of rotatable bonds is 14. The van der Waals surface area contributed by atoms with E-state index < -0.39 is 11.8 Å². The Kier molecular flexibility index (Phi) is 13.2. The molecule has 4 aromatic rings. The molecular formula is C33H42Cl2N10O4. The average molecular weight is 714 g/mol. The van der Waals surface area contributed by atoms with Crippen molar-refractivity contribution in [1.82, 2.24) is 24.4 Å². The highest BCUT2D eigenvalue weighted by atomic mass is 35.5. The number of hydrogen-bond donors (Lipinski definition) is 6. The summed E-state index contributed by atoms with van der Waals surface area (Å²) < 4.78 is 4.76. The van der Waals surface area contributed by atoms with Gasteiger partial charge >= 0.3 is 0 Å². The van der Waals surface area contributed by atoms with Crippen molar-refractivity contribution in [1.29, 1.82) is 5.41 Å². The SMILES string of the molecule is CCc1ccc(C(=O)N(NCCCl)c2cc(C(=O)Nc3cc(C(=O)Nc4cc(C(=O)NCCC(=N)N)n(C)c4)n(C)c3)n(C)c2)cc1C.Cl. The number of carbonyl (C=O) groups excluding carboxylic acids is 4. The molecule has 16 heteroatoms. The van der Waals surface area contributed by atoms with Gasteiger partial charge in [0.1, 0.15) is 17.1 Å². The monoisotopic (exact) mass is 712 g/mol. The minimum absolute atomic E-state index is 0. The minimum atomic E-state index is -0.449. The number of anilines is 3. The predicted molar refractivity (Wildman–Crippen MR) is 194 cm³/mol. The van der Waals surface area contributed by atoms with Gasteiger partial charge in [0.05, 0.1) is 22.9 Å². The summed E-state index contributed by atoms with van der Waals surface area (Å²) in [6.45, 7) is 4.57. The van der Waals surface area contributed by atoms with Crippen LogP contribution in [0.15, 0.2) is 55.0 Å². The molecule has 0 saturated carbocycles. The Morgan fingerprint density at radius 1 is 0.837 bits per heavy atom. The molecule has 3 aromatic heterocycles. The second kappa shape index (κ2) is 16.9. The number of carbonyl (C=O) groups is 4. The number of alkyl halides is 1. The van der Waals surface area contributed by atoms with Crippen LogP contribution in [0.3, 0.4) is 0 Å². The van der Waals surface area contributed by atoms with Crippen LogP contribution in [0.25, 0.3) is 0 Å². The Labute approximate surface area is 295 Å². The van der Waals surface area contributed by atoms with Gasteiger partial charge in [-0.3, -0.25) is 24.6 Å². The number of aryl methyl sites for hydroxylation is 5. The molecule has 262 valence electrons. The van der Waals surface area contributed by atoms with Crippen LogP contribution in [0, 0.1) is 12.3 Å².